The van der Waals surface area contributed by atoms with E-state index >= 15 is 0 Å². The fourth-order valence-electron chi connectivity index (χ4n) is 3.74. The number of rotatable bonds is 7. The topological polar surface area (TPSA) is 101 Å². The van der Waals surface area contributed by atoms with Crippen molar-refractivity contribution in [2.24, 2.45) is 0 Å². The van der Waals surface area contributed by atoms with Crippen molar-refractivity contribution in [2.45, 2.75) is 31.4 Å². The molecule has 0 spiro atoms. The Bertz CT molecular complexity index is 1630. The third kappa shape index (κ3) is 4.67. The summed E-state index contributed by atoms with van der Waals surface area (Å²) in [6.45, 7) is 4.26. The van der Waals surface area contributed by atoms with Crippen LogP contribution in [0.15, 0.2) is 76.7 Å². The molecule has 5 rings (SSSR count). The molecule has 0 bridgehead atoms. The molecule has 0 aliphatic heterocycles. The van der Waals surface area contributed by atoms with E-state index in [1.54, 1.807) is 22.8 Å². The van der Waals surface area contributed by atoms with Gasteiger partial charge in [0.1, 0.15) is 18.2 Å². The number of hydrogen-bond acceptors (Lipinski definition) is 7. The number of aryl methyl sites for hydroxylation is 2. The van der Waals surface area contributed by atoms with Crippen LogP contribution < -0.4 is 16.1 Å². The molecule has 0 radical (unpaired) electrons. The normalized spacial score (nSPS) is 11.2. The number of halogens is 1. The van der Waals surface area contributed by atoms with Crippen LogP contribution in [0, 0.1) is 13.8 Å². The summed E-state index contributed by atoms with van der Waals surface area (Å²) in [5, 5.41) is 9.83. The molecule has 0 amide bonds. The van der Waals surface area contributed by atoms with Crippen LogP contribution in [-0.4, -0.2) is 24.4 Å². The first kappa shape index (κ1) is 23.9. The molecular weight excluding hydrogens is 496 g/mol. The number of nitrogens with two attached hydrogens (primary N) is 1. The number of ether oxygens (including phenoxy) is 1. The van der Waals surface area contributed by atoms with Crippen LogP contribution in [0.25, 0.3) is 16.6 Å². The summed E-state index contributed by atoms with van der Waals surface area (Å²) >= 11 is 7.77. The van der Waals surface area contributed by atoms with Gasteiger partial charge in [0.05, 0.1) is 27.4 Å². The highest BCUT2D eigenvalue weighted by atomic mass is 35.5. The first-order valence-corrected chi connectivity index (χ1v) is 12.6. The Morgan fingerprint density at radius 1 is 0.972 bits per heavy atom. The van der Waals surface area contributed by atoms with Crippen molar-refractivity contribution in [1.29, 1.82) is 0 Å². The number of para-hydroxylation sites is 2. The van der Waals surface area contributed by atoms with Gasteiger partial charge in [-0.1, -0.05) is 53.7 Å². The number of aromatic nitrogens is 5. The zero-order valence-electron chi connectivity index (χ0n) is 19.7. The van der Waals surface area contributed by atoms with Gasteiger partial charge in [0, 0.05) is 0 Å². The Hall–Kier alpha value is -3.82. The first-order valence-electron chi connectivity index (χ1n) is 11.2. The number of thioether (sulfide) groups is 1. The largest absolute Gasteiger partial charge is 0.486 e. The minimum Gasteiger partial charge on any atom is -0.486 e. The SMILES string of the molecule is Cc1ccc(OCc2nnc(SCc3nc4ccccc4c(=O)n3-c3ccccc3Cl)n2N)cc1C. The molecule has 0 saturated carbocycles. The van der Waals surface area contributed by atoms with E-state index in [4.69, 9.17) is 27.2 Å². The van der Waals surface area contributed by atoms with Crippen LogP contribution in [0.2, 0.25) is 5.02 Å². The predicted octanol–water partition coefficient (Wildman–Crippen LogP) is 4.83. The minimum absolute atomic E-state index is 0.172. The molecule has 36 heavy (non-hydrogen) atoms. The minimum atomic E-state index is -0.194. The van der Waals surface area contributed by atoms with Gasteiger partial charge in [-0.2, -0.15) is 0 Å². The Balaban J connectivity index is 1.41. The lowest BCUT2D eigenvalue weighted by Gasteiger charge is -2.14. The van der Waals surface area contributed by atoms with Gasteiger partial charge in [-0.15, -0.1) is 10.2 Å². The molecule has 0 aliphatic carbocycles. The van der Waals surface area contributed by atoms with Gasteiger partial charge in [0.2, 0.25) is 5.16 Å². The summed E-state index contributed by atoms with van der Waals surface area (Å²) in [7, 11) is 0. The van der Waals surface area contributed by atoms with Crippen molar-refractivity contribution in [3.63, 3.8) is 0 Å². The first-order chi connectivity index (χ1) is 17.4. The van der Waals surface area contributed by atoms with Gasteiger partial charge in [-0.25, -0.2) is 9.66 Å². The molecule has 8 nitrogen and oxygen atoms in total. The van der Waals surface area contributed by atoms with Crippen molar-refractivity contribution < 1.29 is 4.74 Å². The van der Waals surface area contributed by atoms with E-state index < -0.39 is 0 Å². The summed E-state index contributed by atoms with van der Waals surface area (Å²) in [6, 6.07) is 20.3. The fourth-order valence-corrected chi connectivity index (χ4v) is 4.76. The van der Waals surface area contributed by atoms with Crippen molar-refractivity contribution in [3.8, 4) is 11.4 Å². The zero-order chi connectivity index (χ0) is 25.2. The number of fused-ring (bicyclic) bond motifs is 1. The molecule has 2 N–H and O–H groups in total. The number of hydrogen-bond donors (Lipinski definition) is 1. The van der Waals surface area contributed by atoms with E-state index in [-0.39, 0.29) is 12.2 Å². The Kier molecular flexibility index (Phi) is 6.67. The van der Waals surface area contributed by atoms with E-state index in [0.717, 1.165) is 11.3 Å². The zero-order valence-corrected chi connectivity index (χ0v) is 21.3. The molecule has 0 fully saturated rings. The Morgan fingerprint density at radius 3 is 2.56 bits per heavy atom. The number of nitrogen functional groups attached to an aromatic ring is 1. The van der Waals surface area contributed by atoms with Crippen LogP contribution >= 0.6 is 23.4 Å². The molecule has 5 aromatic rings. The second-order valence-corrected chi connectivity index (χ2v) is 9.58. The average molecular weight is 519 g/mol. The van der Waals surface area contributed by atoms with Crippen LogP contribution in [0.3, 0.4) is 0 Å². The van der Waals surface area contributed by atoms with Crippen molar-refractivity contribution >= 4 is 34.3 Å². The van der Waals surface area contributed by atoms with E-state index in [1.807, 2.05) is 55.5 Å². The molecule has 0 saturated heterocycles. The van der Waals surface area contributed by atoms with Gasteiger partial charge >= 0.3 is 0 Å². The van der Waals surface area contributed by atoms with Crippen LogP contribution in [0.1, 0.15) is 22.8 Å². The quantitative estimate of drug-likeness (QED) is 0.243. The number of benzene rings is 3. The van der Waals surface area contributed by atoms with Gasteiger partial charge in [-0.05, 0) is 61.4 Å². The average Bonchev–Trinajstić information content (AvgIpc) is 3.23. The van der Waals surface area contributed by atoms with Gasteiger partial charge in [0.25, 0.3) is 5.56 Å². The molecule has 2 aromatic heterocycles. The molecule has 10 heteroatoms. The standard InChI is InChI=1S/C26H23ClN6O2S/c1-16-11-12-18(13-17(16)2)35-14-23-30-31-26(33(23)28)36-15-24-29-21-9-5-3-7-19(21)25(34)32(24)22-10-6-4-8-20(22)27/h3-13H,14-15,28H2,1-2H3. The lowest BCUT2D eigenvalue weighted by molar-refractivity contribution is 0.291. The van der Waals surface area contributed by atoms with Crippen LogP contribution in [-0.2, 0) is 12.4 Å². The maximum Gasteiger partial charge on any atom is 0.266 e. The molecular formula is C26H23ClN6O2S. The molecule has 0 aliphatic rings. The summed E-state index contributed by atoms with van der Waals surface area (Å²) in [4.78, 5) is 18.2. The Morgan fingerprint density at radius 2 is 1.75 bits per heavy atom. The lowest BCUT2D eigenvalue weighted by Crippen LogP contribution is -2.24. The molecule has 2 heterocycles. The third-order valence-corrected chi connectivity index (χ3v) is 7.11. The second-order valence-electron chi connectivity index (χ2n) is 8.23. The van der Waals surface area contributed by atoms with Gasteiger partial charge < -0.3 is 10.6 Å². The summed E-state index contributed by atoms with van der Waals surface area (Å²) < 4.78 is 8.79. The highest BCUT2D eigenvalue weighted by Crippen LogP contribution is 2.25. The second kappa shape index (κ2) is 10.0. The van der Waals surface area contributed by atoms with Gasteiger partial charge in [-0.3, -0.25) is 9.36 Å². The predicted molar refractivity (Wildman–Crippen MR) is 142 cm³/mol. The Labute approximate surface area is 216 Å². The number of nitrogens with zero attached hydrogens (tertiary/aromatic N) is 5. The van der Waals surface area contributed by atoms with Gasteiger partial charge in [0.15, 0.2) is 5.82 Å². The van der Waals surface area contributed by atoms with Crippen molar-refractivity contribution in [3.05, 3.63) is 105 Å². The molecule has 0 unspecified atom stereocenters. The van der Waals surface area contributed by atoms with E-state index in [0.29, 0.717) is 44.2 Å². The van der Waals surface area contributed by atoms with Crippen molar-refractivity contribution in [1.82, 2.24) is 24.4 Å². The monoisotopic (exact) mass is 518 g/mol. The highest BCUT2D eigenvalue weighted by Gasteiger charge is 2.17. The van der Waals surface area contributed by atoms with Crippen LogP contribution in [0.4, 0.5) is 0 Å². The lowest BCUT2D eigenvalue weighted by atomic mass is 10.1. The maximum atomic E-state index is 13.4. The fraction of sp³-hybridized carbons (Fsp3) is 0.154. The smallest absolute Gasteiger partial charge is 0.266 e. The molecule has 3 aromatic carbocycles. The maximum absolute atomic E-state index is 13.4. The van der Waals surface area contributed by atoms with E-state index in [2.05, 4.69) is 17.1 Å². The summed E-state index contributed by atoms with van der Waals surface area (Å²) in [6.07, 6.45) is 0. The molecule has 182 valence electrons. The van der Waals surface area contributed by atoms with Crippen molar-refractivity contribution in [2.75, 3.05) is 5.84 Å². The summed E-state index contributed by atoms with van der Waals surface area (Å²) in [5.41, 5.74) is 3.32. The highest BCUT2D eigenvalue weighted by molar-refractivity contribution is 7.98. The van der Waals surface area contributed by atoms with E-state index in [9.17, 15) is 4.79 Å². The van der Waals surface area contributed by atoms with Crippen LogP contribution in [0.5, 0.6) is 5.75 Å². The summed E-state index contributed by atoms with van der Waals surface area (Å²) in [5.74, 6) is 8.31. The van der Waals surface area contributed by atoms with E-state index in [1.165, 1.54) is 22.0 Å². The third-order valence-electron chi connectivity index (χ3n) is 5.85. The molecule has 0 atom stereocenters.